The average molecular weight is 549 g/mol. The van der Waals surface area contributed by atoms with Gasteiger partial charge in [0.1, 0.15) is 10.6 Å². The predicted octanol–water partition coefficient (Wildman–Crippen LogP) is 5.77. The third-order valence-corrected chi connectivity index (χ3v) is 8.09. The number of hydrogen-bond donors (Lipinski definition) is 0. The van der Waals surface area contributed by atoms with Gasteiger partial charge in [0, 0.05) is 24.7 Å². The Labute approximate surface area is 229 Å². The lowest BCUT2D eigenvalue weighted by atomic mass is 10.1. The van der Waals surface area contributed by atoms with Crippen LogP contribution in [0.4, 0.5) is 0 Å². The first kappa shape index (κ1) is 27.4. The van der Waals surface area contributed by atoms with E-state index < -0.39 is 10.0 Å². The second kappa shape index (κ2) is 12.7. The van der Waals surface area contributed by atoms with Crippen molar-refractivity contribution < 1.29 is 17.9 Å². The van der Waals surface area contributed by atoms with E-state index in [2.05, 4.69) is 0 Å². The zero-order valence-electron chi connectivity index (χ0n) is 21.0. The quantitative estimate of drug-likeness (QED) is 0.239. The van der Waals surface area contributed by atoms with Crippen molar-refractivity contribution in [3.8, 4) is 5.75 Å². The molecule has 0 unspecified atom stereocenters. The zero-order chi connectivity index (χ0) is 27.0. The molecule has 4 aromatic rings. The molecule has 196 valence electrons. The third-order valence-electron chi connectivity index (χ3n) is 6.04. The van der Waals surface area contributed by atoms with E-state index in [-0.39, 0.29) is 34.7 Å². The number of carbonyl (C=O) groups is 1. The molecule has 4 aromatic carbocycles. The van der Waals surface area contributed by atoms with E-state index in [1.807, 2.05) is 91.0 Å². The van der Waals surface area contributed by atoms with E-state index in [0.29, 0.717) is 13.1 Å². The number of nitrogens with zero attached hydrogens (tertiary/aromatic N) is 2. The number of sulfonamides is 1. The smallest absolute Gasteiger partial charge is 0.247 e. The molecule has 0 aliphatic heterocycles. The molecule has 0 N–H and O–H groups in total. The fourth-order valence-corrected chi connectivity index (χ4v) is 5.89. The van der Waals surface area contributed by atoms with Crippen LogP contribution in [-0.2, 0) is 34.5 Å². The Bertz CT molecular complexity index is 1410. The summed E-state index contributed by atoms with van der Waals surface area (Å²) in [4.78, 5) is 15.4. The Morgan fingerprint density at radius 1 is 0.737 bits per heavy atom. The Kier molecular flexibility index (Phi) is 9.18. The van der Waals surface area contributed by atoms with Gasteiger partial charge in [-0.05, 0) is 34.9 Å². The fraction of sp³-hybridized carbons (Fsp3) is 0.167. The highest BCUT2D eigenvalue weighted by Gasteiger charge is 2.31. The van der Waals surface area contributed by atoms with Crippen LogP contribution >= 0.6 is 11.6 Å². The van der Waals surface area contributed by atoms with Gasteiger partial charge in [-0.15, -0.1) is 0 Å². The van der Waals surface area contributed by atoms with E-state index >= 15 is 0 Å². The van der Waals surface area contributed by atoms with Crippen LogP contribution in [0, 0.1) is 0 Å². The molecule has 38 heavy (non-hydrogen) atoms. The summed E-state index contributed by atoms with van der Waals surface area (Å²) >= 11 is 6.17. The van der Waals surface area contributed by atoms with Crippen molar-refractivity contribution in [2.75, 3.05) is 13.7 Å². The molecular formula is C30H29ClN2O4S. The molecular weight excluding hydrogens is 520 g/mol. The average Bonchev–Trinajstić information content (AvgIpc) is 2.94. The van der Waals surface area contributed by atoms with Gasteiger partial charge in [-0.1, -0.05) is 103 Å². The van der Waals surface area contributed by atoms with Crippen LogP contribution in [-0.4, -0.2) is 37.2 Å². The molecule has 0 fully saturated rings. The summed E-state index contributed by atoms with van der Waals surface area (Å²) in [6, 6.07) is 32.9. The van der Waals surface area contributed by atoms with E-state index in [4.69, 9.17) is 16.3 Å². The largest absolute Gasteiger partial charge is 0.495 e. The number of rotatable bonds is 11. The lowest BCUT2D eigenvalue weighted by Crippen LogP contribution is -2.42. The van der Waals surface area contributed by atoms with Crippen LogP contribution in [0.5, 0.6) is 5.75 Å². The van der Waals surface area contributed by atoms with Gasteiger partial charge in [-0.25, -0.2) is 8.42 Å². The maximum absolute atomic E-state index is 14.0. The molecule has 0 saturated heterocycles. The topological polar surface area (TPSA) is 66.9 Å². The summed E-state index contributed by atoms with van der Waals surface area (Å²) in [5, 5.41) is 0.255. The van der Waals surface area contributed by atoms with Gasteiger partial charge in [0.05, 0.1) is 13.7 Å². The molecule has 4 rings (SSSR count). The number of halogens is 1. The molecule has 0 aliphatic carbocycles. The van der Waals surface area contributed by atoms with Gasteiger partial charge >= 0.3 is 0 Å². The van der Waals surface area contributed by atoms with Gasteiger partial charge in [0.15, 0.2) is 0 Å². The lowest BCUT2D eigenvalue weighted by Gasteiger charge is -2.28. The monoisotopic (exact) mass is 548 g/mol. The van der Waals surface area contributed by atoms with Crippen LogP contribution in [0.3, 0.4) is 0 Å². The first-order valence-electron chi connectivity index (χ1n) is 12.1. The summed E-state index contributed by atoms with van der Waals surface area (Å²) in [7, 11) is -2.76. The van der Waals surface area contributed by atoms with Gasteiger partial charge in [-0.2, -0.15) is 4.31 Å². The third kappa shape index (κ3) is 7.01. The van der Waals surface area contributed by atoms with E-state index in [9.17, 15) is 13.2 Å². The Hall–Kier alpha value is -3.65. The van der Waals surface area contributed by atoms with Crippen molar-refractivity contribution in [3.05, 3.63) is 131 Å². The molecule has 0 aromatic heterocycles. The molecule has 0 saturated carbocycles. The highest BCUT2D eigenvalue weighted by molar-refractivity contribution is 7.89. The van der Waals surface area contributed by atoms with Gasteiger partial charge in [-0.3, -0.25) is 4.79 Å². The van der Waals surface area contributed by atoms with Crippen molar-refractivity contribution in [2.24, 2.45) is 0 Å². The summed E-state index contributed by atoms with van der Waals surface area (Å²) in [6.07, 6.45) is 0. The van der Waals surface area contributed by atoms with E-state index in [1.165, 1.54) is 23.5 Å². The summed E-state index contributed by atoms with van der Waals surface area (Å²) in [6.45, 7) is 0.338. The van der Waals surface area contributed by atoms with Crippen molar-refractivity contribution in [3.63, 3.8) is 0 Å². The SMILES string of the molecule is COc1ccc(Cl)cc1S(=O)(=O)N(CC(=O)N(Cc1ccccc1)Cc1ccccc1)Cc1ccccc1. The second-order valence-corrected chi connectivity index (χ2v) is 11.1. The molecule has 6 nitrogen and oxygen atoms in total. The van der Waals surface area contributed by atoms with E-state index in [1.54, 1.807) is 11.0 Å². The minimum atomic E-state index is -4.16. The minimum absolute atomic E-state index is 0.00902. The van der Waals surface area contributed by atoms with Gasteiger partial charge in [0.2, 0.25) is 15.9 Å². The van der Waals surface area contributed by atoms with E-state index in [0.717, 1.165) is 16.7 Å². The van der Waals surface area contributed by atoms with Gasteiger partial charge < -0.3 is 9.64 Å². The van der Waals surface area contributed by atoms with Crippen molar-refractivity contribution >= 4 is 27.5 Å². The van der Waals surface area contributed by atoms with Crippen LogP contribution in [0.1, 0.15) is 16.7 Å². The zero-order valence-corrected chi connectivity index (χ0v) is 22.6. The van der Waals surface area contributed by atoms with Crippen LogP contribution in [0.15, 0.2) is 114 Å². The second-order valence-electron chi connectivity index (χ2n) is 8.77. The number of carbonyl (C=O) groups excluding carboxylic acids is 1. The van der Waals surface area contributed by atoms with Crippen LogP contribution < -0.4 is 4.74 Å². The number of hydrogen-bond acceptors (Lipinski definition) is 4. The lowest BCUT2D eigenvalue weighted by molar-refractivity contribution is -0.132. The number of methoxy groups -OCH3 is 1. The number of amides is 1. The van der Waals surface area contributed by atoms with Gasteiger partial charge in [0.25, 0.3) is 0 Å². The summed E-state index contributed by atoms with van der Waals surface area (Å²) in [5.41, 5.74) is 2.65. The Morgan fingerprint density at radius 2 is 1.21 bits per heavy atom. The van der Waals surface area contributed by atoms with Crippen molar-refractivity contribution in [2.45, 2.75) is 24.5 Å². The van der Waals surface area contributed by atoms with Crippen LogP contribution in [0.2, 0.25) is 5.02 Å². The Morgan fingerprint density at radius 3 is 1.68 bits per heavy atom. The normalized spacial score (nSPS) is 11.3. The molecule has 0 heterocycles. The number of benzene rings is 4. The number of ether oxygens (including phenoxy) is 1. The fourth-order valence-electron chi connectivity index (χ4n) is 4.09. The minimum Gasteiger partial charge on any atom is -0.495 e. The standard InChI is InChI=1S/C30H29ClN2O4S/c1-37-28-18-17-27(31)19-29(28)38(35,36)33(22-26-15-9-4-10-16-26)23-30(34)32(20-24-11-5-2-6-12-24)21-25-13-7-3-8-14-25/h2-19H,20-23H2,1H3. The predicted molar refractivity (Wildman–Crippen MR) is 149 cm³/mol. The molecule has 0 atom stereocenters. The first-order valence-corrected chi connectivity index (χ1v) is 13.9. The Balaban J connectivity index is 1.69. The molecule has 0 bridgehead atoms. The highest BCUT2D eigenvalue weighted by atomic mass is 35.5. The molecule has 1 amide bonds. The maximum atomic E-state index is 14.0. The highest BCUT2D eigenvalue weighted by Crippen LogP contribution is 2.30. The summed E-state index contributed by atoms with van der Waals surface area (Å²) in [5.74, 6) is -0.163. The first-order chi connectivity index (χ1) is 18.4. The van der Waals surface area contributed by atoms with Crippen molar-refractivity contribution in [1.29, 1.82) is 0 Å². The molecule has 0 aliphatic rings. The molecule has 8 heteroatoms. The van der Waals surface area contributed by atoms with Crippen molar-refractivity contribution in [1.82, 2.24) is 9.21 Å². The summed E-state index contributed by atoms with van der Waals surface area (Å²) < 4.78 is 34.4. The molecule has 0 spiro atoms. The van der Waals surface area contributed by atoms with Crippen LogP contribution in [0.25, 0.3) is 0 Å². The maximum Gasteiger partial charge on any atom is 0.247 e. The molecule has 0 radical (unpaired) electrons.